The molecule has 6 heteroatoms. The monoisotopic (exact) mass is 290 g/mol. The maximum absolute atomic E-state index is 11.8. The van der Waals surface area contributed by atoms with Crippen molar-refractivity contribution < 1.29 is 9.53 Å². The summed E-state index contributed by atoms with van der Waals surface area (Å²) >= 11 is 0. The van der Waals surface area contributed by atoms with E-state index in [1.54, 1.807) is 19.3 Å². The fourth-order valence-corrected chi connectivity index (χ4v) is 3.09. The van der Waals surface area contributed by atoms with Gasteiger partial charge in [-0.1, -0.05) is 0 Å². The average Bonchev–Trinajstić information content (AvgIpc) is 2.56. The Kier molecular flexibility index (Phi) is 4.34. The highest BCUT2D eigenvalue weighted by Crippen LogP contribution is 2.30. The molecule has 0 saturated carbocycles. The molecule has 2 saturated heterocycles. The van der Waals surface area contributed by atoms with Gasteiger partial charge in [0.2, 0.25) is 5.91 Å². The Hall–Kier alpha value is -1.69. The summed E-state index contributed by atoms with van der Waals surface area (Å²) < 4.78 is 5.37. The molecule has 1 aromatic heterocycles. The minimum atomic E-state index is 0.0738. The van der Waals surface area contributed by atoms with Gasteiger partial charge in [-0.25, -0.2) is 4.98 Å². The SMILES string of the molecule is CC(=O)N1CCCCC1c1cncc(N2CCOCC2)n1. The van der Waals surface area contributed by atoms with Crippen molar-refractivity contribution in [2.24, 2.45) is 0 Å². The molecule has 2 aliphatic heterocycles. The van der Waals surface area contributed by atoms with Gasteiger partial charge in [-0.2, -0.15) is 0 Å². The second kappa shape index (κ2) is 6.39. The van der Waals surface area contributed by atoms with Crippen LogP contribution in [0.4, 0.5) is 5.82 Å². The van der Waals surface area contributed by atoms with E-state index in [-0.39, 0.29) is 11.9 Å². The fraction of sp³-hybridized carbons (Fsp3) is 0.667. The predicted molar refractivity (Wildman–Crippen MR) is 79.0 cm³/mol. The standard InChI is InChI=1S/C15H22N4O2/c1-12(20)19-5-3-2-4-14(19)13-10-16-11-15(17-13)18-6-8-21-9-7-18/h10-11,14H,2-9H2,1H3. The minimum absolute atomic E-state index is 0.0738. The molecule has 1 atom stereocenters. The Balaban J connectivity index is 1.82. The topological polar surface area (TPSA) is 58.6 Å². The molecule has 1 amide bonds. The molecular formula is C15H22N4O2. The molecule has 0 aromatic carbocycles. The lowest BCUT2D eigenvalue weighted by Gasteiger charge is -2.35. The van der Waals surface area contributed by atoms with Crippen LogP contribution in [0.25, 0.3) is 0 Å². The van der Waals surface area contributed by atoms with Crippen LogP contribution in [0.2, 0.25) is 0 Å². The highest BCUT2D eigenvalue weighted by molar-refractivity contribution is 5.73. The van der Waals surface area contributed by atoms with Gasteiger partial charge >= 0.3 is 0 Å². The number of likely N-dealkylation sites (tertiary alicyclic amines) is 1. The van der Waals surface area contributed by atoms with E-state index in [4.69, 9.17) is 9.72 Å². The van der Waals surface area contributed by atoms with Crippen LogP contribution in [0.3, 0.4) is 0 Å². The summed E-state index contributed by atoms with van der Waals surface area (Å²) in [5.74, 6) is 1.02. The van der Waals surface area contributed by atoms with Gasteiger partial charge in [0.1, 0.15) is 5.82 Å². The van der Waals surface area contributed by atoms with E-state index in [1.165, 1.54) is 0 Å². The first-order valence-electron chi connectivity index (χ1n) is 7.67. The van der Waals surface area contributed by atoms with Crippen LogP contribution in [-0.2, 0) is 9.53 Å². The van der Waals surface area contributed by atoms with Crippen LogP contribution in [0.15, 0.2) is 12.4 Å². The second-order valence-electron chi connectivity index (χ2n) is 5.63. The summed E-state index contributed by atoms with van der Waals surface area (Å²) in [6, 6.07) is 0.0738. The second-order valence-corrected chi connectivity index (χ2v) is 5.63. The summed E-state index contributed by atoms with van der Waals surface area (Å²) in [6.45, 7) is 5.61. The highest BCUT2D eigenvalue weighted by atomic mass is 16.5. The van der Waals surface area contributed by atoms with Crippen molar-refractivity contribution in [3.05, 3.63) is 18.1 Å². The number of ether oxygens (including phenoxy) is 1. The van der Waals surface area contributed by atoms with Crippen molar-refractivity contribution >= 4 is 11.7 Å². The third kappa shape index (κ3) is 3.15. The van der Waals surface area contributed by atoms with Crippen LogP contribution in [-0.4, -0.2) is 53.6 Å². The molecule has 21 heavy (non-hydrogen) atoms. The summed E-state index contributed by atoms with van der Waals surface area (Å²) in [5.41, 5.74) is 0.911. The number of piperidine rings is 1. The largest absolute Gasteiger partial charge is 0.378 e. The van der Waals surface area contributed by atoms with E-state index >= 15 is 0 Å². The molecule has 2 aliphatic rings. The van der Waals surface area contributed by atoms with Crippen LogP contribution in [0.5, 0.6) is 0 Å². The zero-order chi connectivity index (χ0) is 14.7. The lowest BCUT2D eigenvalue weighted by molar-refractivity contribution is -0.132. The number of hydrogen-bond acceptors (Lipinski definition) is 5. The molecule has 3 heterocycles. The summed E-state index contributed by atoms with van der Waals surface area (Å²) in [6.07, 6.45) is 6.79. The Bertz CT molecular complexity index is 502. The molecule has 6 nitrogen and oxygen atoms in total. The van der Waals surface area contributed by atoms with Gasteiger partial charge < -0.3 is 14.5 Å². The number of aromatic nitrogens is 2. The van der Waals surface area contributed by atoms with Crippen molar-refractivity contribution in [3.63, 3.8) is 0 Å². The average molecular weight is 290 g/mol. The first-order chi connectivity index (χ1) is 10.3. The molecule has 0 N–H and O–H groups in total. The van der Waals surface area contributed by atoms with Crippen molar-refractivity contribution in [2.45, 2.75) is 32.2 Å². The normalized spacial score (nSPS) is 23.2. The lowest BCUT2D eigenvalue weighted by Crippen LogP contribution is -2.39. The van der Waals surface area contributed by atoms with E-state index in [0.717, 1.165) is 63.6 Å². The first kappa shape index (κ1) is 14.3. The number of carbonyl (C=O) groups excluding carboxylic acids is 1. The van der Waals surface area contributed by atoms with Crippen molar-refractivity contribution in [2.75, 3.05) is 37.7 Å². The van der Waals surface area contributed by atoms with Crippen molar-refractivity contribution in [1.29, 1.82) is 0 Å². The molecule has 0 bridgehead atoms. The quantitative estimate of drug-likeness (QED) is 0.823. The maximum atomic E-state index is 11.8. The molecule has 114 valence electrons. The van der Waals surface area contributed by atoms with Crippen LogP contribution in [0, 0.1) is 0 Å². The van der Waals surface area contributed by atoms with Crippen LogP contribution >= 0.6 is 0 Å². The summed E-state index contributed by atoms with van der Waals surface area (Å²) in [7, 11) is 0. The van der Waals surface area contributed by atoms with Crippen LogP contribution in [0.1, 0.15) is 37.9 Å². The van der Waals surface area contributed by atoms with Gasteiger partial charge in [0, 0.05) is 26.6 Å². The van der Waals surface area contributed by atoms with E-state index in [1.807, 2.05) is 4.90 Å². The molecule has 0 spiro atoms. The Labute approximate surface area is 125 Å². The fourth-order valence-electron chi connectivity index (χ4n) is 3.09. The van der Waals surface area contributed by atoms with E-state index in [2.05, 4.69) is 9.88 Å². The number of anilines is 1. The van der Waals surface area contributed by atoms with Crippen molar-refractivity contribution in [3.8, 4) is 0 Å². The molecule has 0 radical (unpaired) electrons. The van der Waals surface area contributed by atoms with Gasteiger partial charge in [-0.3, -0.25) is 9.78 Å². The van der Waals surface area contributed by atoms with E-state index in [9.17, 15) is 4.79 Å². The van der Waals surface area contributed by atoms with Gasteiger partial charge in [-0.15, -0.1) is 0 Å². The smallest absolute Gasteiger partial charge is 0.220 e. The van der Waals surface area contributed by atoms with Crippen LogP contribution < -0.4 is 4.90 Å². The van der Waals surface area contributed by atoms with Gasteiger partial charge in [0.15, 0.2) is 0 Å². The molecule has 0 aliphatic carbocycles. The number of amides is 1. The number of carbonyl (C=O) groups is 1. The molecule has 1 unspecified atom stereocenters. The van der Waals surface area contributed by atoms with E-state index < -0.39 is 0 Å². The lowest BCUT2D eigenvalue weighted by atomic mass is 9.99. The Morgan fingerprint density at radius 2 is 2.05 bits per heavy atom. The van der Waals surface area contributed by atoms with Gasteiger partial charge in [0.25, 0.3) is 0 Å². The molecule has 2 fully saturated rings. The number of rotatable bonds is 2. The molecule has 1 aromatic rings. The maximum Gasteiger partial charge on any atom is 0.220 e. The number of hydrogen-bond donors (Lipinski definition) is 0. The van der Waals surface area contributed by atoms with Gasteiger partial charge in [0.05, 0.1) is 37.3 Å². The highest BCUT2D eigenvalue weighted by Gasteiger charge is 2.27. The third-order valence-electron chi connectivity index (χ3n) is 4.22. The Morgan fingerprint density at radius 3 is 2.81 bits per heavy atom. The summed E-state index contributed by atoms with van der Waals surface area (Å²) in [5, 5.41) is 0. The minimum Gasteiger partial charge on any atom is -0.378 e. The first-order valence-corrected chi connectivity index (χ1v) is 7.67. The zero-order valence-corrected chi connectivity index (χ0v) is 12.5. The number of morpholine rings is 1. The van der Waals surface area contributed by atoms with E-state index in [0.29, 0.717) is 0 Å². The van der Waals surface area contributed by atoms with Gasteiger partial charge in [-0.05, 0) is 19.3 Å². The summed E-state index contributed by atoms with van der Waals surface area (Å²) in [4.78, 5) is 25.1. The zero-order valence-electron chi connectivity index (χ0n) is 12.5. The Morgan fingerprint density at radius 1 is 1.24 bits per heavy atom. The molecular weight excluding hydrogens is 268 g/mol. The predicted octanol–water partition coefficient (Wildman–Crippen LogP) is 1.39. The number of nitrogens with zero attached hydrogens (tertiary/aromatic N) is 4. The van der Waals surface area contributed by atoms with Crippen molar-refractivity contribution in [1.82, 2.24) is 14.9 Å². The third-order valence-corrected chi connectivity index (χ3v) is 4.22. The molecule has 3 rings (SSSR count).